The van der Waals surface area contributed by atoms with Crippen LogP contribution in [0.5, 0.6) is 5.75 Å². The Morgan fingerprint density at radius 3 is 2.72 bits per heavy atom. The van der Waals surface area contributed by atoms with E-state index in [1.165, 1.54) is 5.56 Å². The summed E-state index contributed by atoms with van der Waals surface area (Å²) in [6, 6.07) is 6.26. The van der Waals surface area contributed by atoms with Crippen LogP contribution in [0.15, 0.2) is 18.2 Å². The molecular weight excluding hydrogens is 226 g/mol. The molecule has 1 aliphatic heterocycles. The van der Waals surface area contributed by atoms with E-state index in [-0.39, 0.29) is 6.04 Å². The van der Waals surface area contributed by atoms with Gasteiger partial charge in [0.05, 0.1) is 13.2 Å². The standard InChI is InChI=1S/C15H23NO2/c1-10(2)11-6-7-14(18-3)12(9-11)15(17)13-5-4-8-16-13/h6-7,9-10,13,15-17H,4-5,8H2,1-3H3. The van der Waals surface area contributed by atoms with Gasteiger partial charge in [-0.25, -0.2) is 0 Å². The monoisotopic (exact) mass is 249 g/mol. The van der Waals surface area contributed by atoms with Crippen LogP contribution < -0.4 is 10.1 Å². The van der Waals surface area contributed by atoms with Crippen LogP contribution in [0.1, 0.15) is 49.8 Å². The minimum atomic E-state index is -0.485. The molecule has 3 nitrogen and oxygen atoms in total. The second kappa shape index (κ2) is 5.72. The zero-order valence-electron chi connectivity index (χ0n) is 11.4. The maximum atomic E-state index is 10.5. The van der Waals surface area contributed by atoms with E-state index in [0.717, 1.165) is 30.7 Å². The average Bonchev–Trinajstić information content (AvgIpc) is 2.90. The topological polar surface area (TPSA) is 41.5 Å². The fourth-order valence-electron chi connectivity index (χ4n) is 2.54. The Bertz CT molecular complexity index is 397. The molecule has 1 fully saturated rings. The Labute approximate surface area is 109 Å². The predicted molar refractivity (Wildman–Crippen MR) is 73.1 cm³/mol. The molecule has 0 aliphatic carbocycles. The Morgan fingerprint density at radius 1 is 1.39 bits per heavy atom. The first-order valence-corrected chi connectivity index (χ1v) is 6.72. The summed E-state index contributed by atoms with van der Waals surface area (Å²) in [5, 5.41) is 13.8. The number of rotatable bonds is 4. The molecule has 2 N–H and O–H groups in total. The molecule has 0 spiro atoms. The van der Waals surface area contributed by atoms with Crippen LogP contribution in [0.2, 0.25) is 0 Å². The Kier molecular flexibility index (Phi) is 4.25. The van der Waals surface area contributed by atoms with E-state index in [1.54, 1.807) is 7.11 Å². The van der Waals surface area contributed by atoms with Crippen molar-refractivity contribution in [3.8, 4) is 5.75 Å². The van der Waals surface area contributed by atoms with Crippen molar-refractivity contribution in [1.29, 1.82) is 0 Å². The van der Waals surface area contributed by atoms with Crippen molar-refractivity contribution in [3.63, 3.8) is 0 Å². The molecule has 0 radical (unpaired) electrons. The predicted octanol–water partition coefficient (Wildman–Crippen LogP) is 2.60. The van der Waals surface area contributed by atoms with E-state index in [9.17, 15) is 5.11 Å². The van der Waals surface area contributed by atoms with Crippen molar-refractivity contribution >= 4 is 0 Å². The van der Waals surface area contributed by atoms with Crippen LogP contribution in [0.25, 0.3) is 0 Å². The van der Waals surface area contributed by atoms with E-state index in [1.807, 2.05) is 6.07 Å². The largest absolute Gasteiger partial charge is 0.496 e. The van der Waals surface area contributed by atoms with Gasteiger partial charge in [0.1, 0.15) is 5.75 Å². The fraction of sp³-hybridized carbons (Fsp3) is 0.600. The maximum Gasteiger partial charge on any atom is 0.124 e. The lowest BCUT2D eigenvalue weighted by molar-refractivity contribution is 0.134. The van der Waals surface area contributed by atoms with Crippen molar-refractivity contribution in [2.24, 2.45) is 0 Å². The van der Waals surface area contributed by atoms with Crippen molar-refractivity contribution in [2.45, 2.75) is 44.8 Å². The van der Waals surface area contributed by atoms with Gasteiger partial charge in [-0.05, 0) is 43.0 Å². The Balaban J connectivity index is 2.30. The van der Waals surface area contributed by atoms with Crippen LogP contribution in [-0.4, -0.2) is 24.8 Å². The van der Waals surface area contributed by atoms with Gasteiger partial charge in [0.2, 0.25) is 0 Å². The van der Waals surface area contributed by atoms with E-state index < -0.39 is 6.10 Å². The molecule has 0 saturated carbocycles. The van der Waals surface area contributed by atoms with Gasteiger partial charge >= 0.3 is 0 Å². The minimum absolute atomic E-state index is 0.154. The van der Waals surface area contributed by atoms with Gasteiger partial charge in [-0.2, -0.15) is 0 Å². The summed E-state index contributed by atoms with van der Waals surface area (Å²) in [6.07, 6.45) is 1.67. The quantitative estimate of drug-likeness (QED) is 0.862. The van der Waals surface area contributed by atoms with Gasteiger partial charge in [-0.15, -0.1) is 0 Å². The lowest BCUT2D eigenvalue weighted by Crippen LogP contribution is -2.29. The molecule has 0 aromatic heterocycles. The highest BCUT2D eigenvalue weighted by Gasteiger charge is 2.26. The number of benzene rings is 1. The van der Waals surface area contributed by atoms with Gasteiger partial charge in [0.25, 0.3) is 0 Å². The average molecular weight is 249 g/mol. The molecular formula is C15H23NO2. The Hall–Kier alpha value is -1.06. The van der Waals surface area contributed by atoms with E-state index in [4.69, 9.17) is 4.74 Å². The number of hydrogen-bond donors (Lipinski definition) is 2. The van der Waals surface area contributed by atoms with Gasteiger partial charge in [-0.3, -0.25) is 0 Å². The number of nitrogens with one attached hydrogen (secondary N) is 1. The molecule has 2 rings (SSSR count). The molecule has 1 heterocycles. The number of hydrogen-bond acceptors (Lipinski definition) is 3. The lowest BCUT2D eigenvalue weighted by atomic mass is 9.94. The van der Waals surface area contributed by atoms with Crippen molar-refractivity contribution in [3.05, 3.63) is 29.3 Å². The first-order chi connectivity index (χ1) is 8.63. The minimum Gasteiger partial charge on any atom is -0.496 e. The van der Waals surface area contributed by atoms with Crippen LogP contribution in [-0.2, 0) is 0 Å². The van der Waals surface area contributed by atoms with E-state index in [0.29, 0.717) is 5.92 Å². The molecule has 0 bridgehead atoms. The SMILES string of the molecule is COc1ccc(C(C)C)cc1C(O)C1CCCN1. The highest BCUT2D eigenvalue weighted by molar-refractivity contribution is 5.40. The van der Waals surface area contributed by atoms with Crippen molar-refractivity contribution in [1.82, 2.24) is 5.32 Å². The first kappa shape index (κ1) is 13.4. The third-order valence-electron chi connectivity index (χ3n) is 3.72. The number of aliphatic hydroxyl groups is 1. The summed E-state index contributed by atoms with van der Waals surface area (Å²) < 4.78 is 5.37. The fourth-order valence-corrected chi connectivity index (χ4v) is 2.54. The molecule has 3 heteroatoms. The summed E-state index contributed by atoms with van der Waals surface area (Å²) in [5.41, 5.74) is 2.14. The second-order valence-electron chi connectivity index (χ2n) is 5.30. The zero-order chi connectivity index (χ0) is 13.1. The maximum absolute atomic E-state index is 10.5. The number of methoxy groups -OCH3 is 1. The van der Waals surface area contributed by atoms with Crippen LogP contribution in [0.4, 0.5) is 0 Å². The molecule has 100 valence electrons. The molecule has 1 aromatic carbocycles. The molecule has 0 amide bonds. The number of ether oxygens (including phenoxy) is 1. The molecule has 1 aliphatic rings. The van der Waals surface area contributed by atoms with Gasteiger partial charge in [0, 0.05) is 11.6 Å². The summed E-state index contributed by atoms with van der Waals surface area (Å²) >= 11 is 0. The highest BCUT2D eigenvalue weighted by Crippen LogP contribution is 2.32. The van der Waals surface area contributed by atoms with Gasteiger partial charge in [0.15, 0.2) is 0 Å². The van der Waals surface area contributed by atoms with Gasteiger partial charge in [-0.1, -0.05) is 19.9 Å². The van der Waals surface area contributed by atoms with Gasteiger partial charge < -0.3 is 15.2 Å². The summed E-state index contributed by atoms with van der Waals surface area (Å²) in [6.45, 7) is 5.31. The molecule has 2 atom stereocenters. The zero-order valence-corrected chi connectivity index (χ0v) is 11.4. The molecule has 1 saturated heterocycles. The first-order valence-electron chi connectivity index (χ1n) is 6.72. The lowest BCUT2D eigenvalue weighted by Gasteiger charge is -2.22. The molecule has 1 aromatic rings. The molecule has 18 heavy (non-hydrogen) atoms. The summed E-state index contributed by atoms with van der Waals surface area (Å²) in [7, 11) is 1.66. The third kappa shape index (κ3) is 2.68. The summed E-state index contributed by atoms with van der Waals surface area (Å²) in [4.78, 5) is 0. The van der Waals surface area contributed by atoms with E-state index in [2.05, 4.69) is 31.3 Å². The smallest absolute Gasteiger partial charge is 0.124 e. The number of aliphatic hydroxyl groups excluding tert-OH is 1. The van der Waals surface area contributed by atoms with Crippen LogP contribution >= 0.6 is 0 Å². The van der Waals surface area contributed by atoms with Crippen LogP contribution in [0, 0.1) is 0 Å². The molecule has 2 unspecified atom stereocenters. The van der Waals surface area contributed by atoms with Crippen molar-refractivity contribution in [2.75, 3.05) is 13.7 Å². The highest BCUT2D eigenvalue weighted by atomic mass is 16.5. The van der Waals surface area contributed by atoms with E-state index >= 15 is 0 Å². The normalized spacial score (nSPS) is 21.3. The van der Waals surface area contributed by atoms with Crippen molar-refractivity contribution < 1.29 is 9.84 Å². The Morgan fingerprint density at radius 2 is 2.17 bits per heavy atom. The summed E-state index contributed by atoms with van der Waals surface area (Å²) in [5.74, 6) is 1.24. The third-order valence-corrected chi connectivity index (χ3v) is 3.72. The van der Waals surface area contributed by atoms with Crippen LogP contribution in [0.3, 0.4) is 0 Å². The second-order valence-corrected chi connectivity index (χ2v) is 5.30.